The second kappa shape index (κ2) is 4.08. The van der Waals surface area contributed by atoms with Crippen molar-refractivity contribution in [3.05, 3.63) is 40.8 Å². The predicted octanol–water partition coefficient (Wildman–Crippen LogP) is 2.98. The van der Waals surface area contributed by atoms with Crippen LogP contribution in [-0.2, 0) is 0 Å². The van der Waals surface area contributed by atoms with Gasteiger partial charge in [-0.3, -0.25) is 0 Å². The largest absolute Gasteiger partial charge is 0.244 e. The minimum atomic E-state index is -0.589. The fraction of sp³-hybridized carbons (Fsp3) is 0. The molecule has 15 heavy (non-hydrogen) atoms. The van der Waals surface area contributed by atoms with E-state index in [-0.39, 0.29) is 16.1 Å². The first kappa shape index (κ1) is 10.3. The molecular formula is C9H4Cl2FN3. The first-order valence-corrected chi connectivity index (χ1v) is 4.73. The molecule has 0 bridgehead atoms. The number of halogens is 3. The second-order valence-electron chi connectivity index (χ2n) is 2.68. The van der Waals surface area contributed by atoms with E-state index in [0.29, 0.717) is 5.56 Å². The lowest BCUT2D eigenvalue weighted by molar-refractivity contribution is 0.618. The molecule has 0 aliphatic rings. The molecular weight excluding hydrogens is 240 g/mol. The van der Waals surface area contributed by atoms with E-state index < -0.39 is 5.82 Å². The van der Waals surface area contributed by atoms with Gasteiger partial charge < -0.3 is 0 Å². The maximum Gasteiger partial charge on any atom is 0.223 e. The minimum absolute atomic E-state index is 0.0358. The molecule has 0 atom stereocenters. The molecule has 2 heterocycles. The predicted molar refractivity (Wildman–Crippen MR) is 55.2 cm³/mol. The Morgan fingerprint density at radius 3 is 2.73 bits per heavy atom. The summed E-state index contributed by atoms with van der Waals surface area (Å²) in [6, 6.07) is 3.24. The molecule has 0 fully saturated rings. The Morgan fingerprint density at radius 2 is 2.00 bits per heavy atom. The molecule has 6 heteroatoms. The van der Waals surface area contributed by atoms with Crippen molar-refractivity contribution in [3.63, 3.8) is 0 Å². The number of pyridine rings is 1. The lowest BCUT2D eigenvalue weighted by atomic mass is 10.2. The average molecular weight is 244 g/mol. The highest BCUT2D eigenvalue weighted by Gasteiger charge is 2.12. The van der Waals surface area contributed by atoms with E-state index in [1.807, 2.05) is 0 Å². The van der Waals surface area contributed by atoms with Crippen LogP contribution in [0.3, 0.4) is 0 Å². The summed E-state index contributed by atoms with van der Waals surface area (Å²) in [6.45, 7) is 0. The number of aromatic nitrogens is 3. The van der Waals surface area contributed by atoms with Crippen molar-refractivity contribution in [2.75, 3.05) is 0 Å². The lowest BCUT2D eigenvalue weighted by Gasteiger charge is -2.03. The van der Waals surface area contributed by atoms with Crippen LogP contribution < -0.4 is 0 Å². The molecule has 2 aromatic rings. The van der Waals surface area contributed by atoms with E-state index in [4.69, 9.17) is 23.2 Å². The molecule has 2 aromatic heterocycles. The number of hydrogen-bond donors (Lipinski definition) is 0. The molecule has 3 nitrogen and oxygen atoms in total. The van der Waals surface area contributed by atoms with Gasteiger partial charge >= 0.3 is 0 Å². The van der Waals surface area contributed by atoms with E-state index in [1.165, 1.54) is 6.20 Å². The van der Waals surface area contributed by atoms with E-state index in [9.17, 15) is 4.39 Å². The highest BCUT2D eigenvalue weighted by atomic mass is 35.5. The van der Waals surface area contributed by atoms with Gasteiger partial charge in [-0.25, -0.2) is 19.3 Å². The smallest absolute Gasteiger partial charge is 0.223 e. The Balaban J connectivity index is 2.64. The van der Waals surface area contributed by atoms with Gasteiger partial charge in [0.15, 0.2) is 5.82 Å². The standard InChI is InChI=1S/C9H4Cl2FN3/c10-8-5(2-1-3-13-8)7-6(12)4-14-9(11)15-7/h1-4H. The van der Waals surface area contributed by atoms with Crippen LogP contribution in [0.15, 0.2) is 24.5 Å². The maximum atomic E-state index is 13.4. The van der Waals surface area contributed by atoms with Gasteiger partial charge in [0.2, 0.25) is 5.28 Å². The summed E-state index contributed by atoms with van der Waals surface area (Å²) >= 11 is 11.4. The van der Waals surface area contributed by atoms with Crippen molar-refractivity contribution in [2.45, 2.75) is 0 Å². The molecule has 2 rings (SSSR count). The Hall–Kier alpha value is -1.26. The van der Waals surface area contributed by atoms with Crippen LogP contribution >= 0.6 is 23.2 Å². The van der Waals surface area contributed by atoms with Crippen LogP contribution in [0.1, 0.15) is 0 Å². The molecule has 0 aromatic carbocycles. The fourth-order valence-corrected chi connectivity index (χ4v) is 1.44. The van der Waals surface area contributed by atoms with Crippen LogP contribution in [0.25, 0.3) is 11.3 Å². The fourth-order valence-electron chi connectivity index (χ4n) is 1.10. The first-order valence-electron chi connectivity index (χ1n) is 3.97. The summed E-state index contributed by atoms with van der Waals surface area (Å²) in [5.41, 5.74) is 0.439. The monoisotopic (exact) mass is 243 g/mol. The molecule has 0 radical (unpaired) electrons. The third kappa shape index (κ3) is 2.06. The van der Waals surface area contributed by atoms with Crippen LogP contribution in [0.5, 0.6) is 0 Å². The zero-order valence-electron chi connectivity index (χ0n) is 7.28. The molecule has 0 spiro atoms. The Bertz CT molecular complexity index is 504. The van der Waals surface area contributed by atoms with E-state index >= 15 is 0 Å². The highest BCUT2D eigenvalue weighted by molar-refractivity contribution is 6.32. The normalized spacial score (nSPS) is 10.3. The zero-order valence-corrected chi connectivity index (χ0v) is 8.80. The van der Waals surface area contributed by atoms with Crippen LogP contribution in [0.2, 0.25) is 10.4 Å². The number of rotatable bonds is 1. The third-order valence-electron chi connectivity index (χ3n) is 1.73. The van der Waals surface area contributed by atoms with Gasteiger partial charge in [0.25, 0.3) is 0 Å². The molecule has 0 amide bonds. The average Bonchev–Trinajstić information content (AvgIpc) is 2.23. The number of hydrogen-bond acceptors (Lipinski definition) is 3. The van der Waals surface area contributed by atoms with Crippen LogP contribution in [0.4, 0.5) is 4.39 Å². The van der Waals surface area contributed by atoms with Crippen molar-refractivity contribution in [2.24, 2.45) is 0 Å². The lowest BCUT2D eigenvalue weighted by Crippen LogP contribution is -1.93. The van der Waals surface area contributed by atoms with E-state index in [2.05, 4.69) is 15.0 Å². The highest BCUT2D eigenvalue weighted by Crippen LogP contribution is 2.26. The summed E-state index contributed by atoms with van der Waals surface area (Å²) < 4.78 is 13.4. The molecule has 0 N–H and O–H groups in total. The molecule has 0 aliphatic heterocycles. The Morgan fingerprint density at radius 1 is 1.20 bits per heavy atom. The molecule has 0 saturated heterocycles. The van der Waals surface area contributed by atoms with Crippen molar-refractivity contribution >= 4 is 23.2 Å². The molecule has 0 unspecified atom stereocenters. The summed E-state index contributed by atoms with van der Waals surface area (Å²) in [5.74, 6) is -0.589. The Kier molecular flexibility index (Phi) is 2.79. The van der Waals surface area contributed by atoms with E-state index in [1.54, 1.807) is 12.1 Å². The van der Waals surface area contributed by atoms with Crippen molar-refractivity contribution in [1.29, 1.82) is 0 Å². The van der Waals surface area contributed by atoms with Crippen molar-refractivity contribution in [3.8, 4) is 11.3 Å². The molecule has 0 saturated carbocycles. The summed E-state index contributed by atoms with van der Waals surface area (Å²) in [7, 11) is 0. The topological polar surface area (TPSA) is 38.7 Å². The van der Waals surface area contributed by atoms with Crippen molar-refractivity contribution < 1.29 is 4.39 Å². The van der Waals surface area contributed by atoms with Gasteiger partial charge in [0.05, 0.1) is 6.20 Å². The van der Waals surface area contributed by atoms with Gasteiger partial charge in [-0.15, -0.1) is 0 Å². The van der Waals surface area contributed by atoms with Crippen molar-refractivity contribution in [1.82, 2.24) is 15.0 Å². The molecule has 76 valence electrons. The first-order chi connectivity index (χ1) is 7.18. The minimum Gasteiger partial charge on any atom is -0.244 e. The van der Waals surface area contributed by atoms with Gasteiger partial charge in [0, 0.05) is 11.8 Å². The van der Waals surface area contributed by atoms with Gasteiger partial charge in [0.1, 0.15) is 10.8 Å². The molecule has 0 aliphatic carbocycles. The van der Waals surface area contributed by atoms with Gasteiger partial charge in [-0.2, -0.15) is 0 Å². The third-order valence-corrected chi connectivity index (χ3v) is 2.21. The summed E-state index contributed by atoms with van der Waals surface area (Å²) in [6.07, 6.45) is 2.50. The van der Waals surface area contributed by atoms with Crippen LogP contribution in [-0.4, -0.2) is 15.0 Å². The summed E-state index contributed by atoms with van der Waals surface area (Å²) in [4.78, 5) is 11.1. The second-order valence-corrected chi connectivity index (χ2v) is 3.37. The SMILES string of the molecule is Fc1cnc(Cl)nc1-c1cccnc1Cl. The van der Waals surface area contributed by atoms with Gasteiger partial charge in [-0.1, -0.05) is 11.6 Å². The van der Waals surface area contributed by atoms with E-state index in [0.717, 1.165) is 6.20 Å². The van der Waals surface area contributed by atoms with Gasteiger partial charge in [-0.05, 0) is 23.7 Å². The zero-order chi connectivity index (χ0) is 10.8. The number of nitrogens with zero attached hydrogens (tertiary/aromatic N) is 3. The summed E-state index contributed by atoms with van der Waals surface area (Å²) in [5, 5.41) is 0.137. The maximum absolute atomic E-state index is 13.4. The van der Waals surface area contributed by atoms with Crippen LogP contribution in [0, 0.1) is 5.82 Å². The quantitative estimate of drug-likeness (QED) is 0.571. The Labute approximate surface area is 94.9 Å².